The first-order chi connectivity index (χ1) is 9.72. The molecule has 2 aromatic carbocycles. The number of halogens is 2. The van der Waals surface area contributed by atoms with Crippen LogP contribution in [0.3, 0.4) is 0 Å². The van der Waals surface area contributed by atoms with Crippen LogP contribution in [0.2, 0.25) is 0 Å². The molecule has 0 bridgehead atoms. The molecule has 3 rings (SSSR count). The van der Waals surface area contributed by atoms with Gasteiger partial charge in [0.25, 0.3) is 0 Å². The van der Waals surface area contributed by atoms with E-state index < -0.39 is 0 Å². The number of hydrogen-bond acceptors (Lipinski definition) is 2. The van der Waals surface area contributed by atoms with Gasteiger partial charge in [0, 0.05) is 12.2 Å². The van der Waals surface area contributed by atoms with Crippen LogP contribution in [0.5, 0.6) is 0 Å². The number of rotatable bonds is 1. The Hall–Kier alpha value is -1.86. The Bertz CT molecular complexity index is 706. The second-order valence-electron chi connectivity index (χ2n) is 4.76. The number of fused-ring (bicyclic) bond motifs is 1. The van der Waals surface area contributed by atoms with Crippen molar-refractivity contribution in [2.45, 2.75) is 12.8 Å². The largest absolute Gasteiger partial charge is 0.339 e. The molecule has 20 heavy (non-hydrogen) atoms. The highest BCUT2D eigenvalue weighted by Crippen LogP contribution is 2.37. The van der Waals surface area contributed by atoms with E-state index in [0.717, 1.165) is 25.1 Å². The third kappa shape index (κ3) is 2.08. The lowest BCUT2D eigenvalue weighted by molar-refractivity contribution is 0.614. The fourth-order valence-corrected chi connectivity index (χ4v) is 3.04. The molecule has 4 heteroatoms. The molecular formula is C16H12BrFN2. The molecule has 2 nitrogen and oxygen atoms in total. The molecule has 0 amide bonds. The first-order valence-corrected chi connectivity index (χ1v) is 7.25. The maximum absolute atomic E-state index is 14.5. The third-order valence-electron chi connectivity index (χ3n) is 3.58. The van der Waals surface area contributed by atoms with Gasteiger partial charge in [0.05, 0.1) is 15.7 Å². The highest BCUT2D eigenvalue weighted by Gasteiger charge is 2.22. The van der Waals surface area contributed by atoms with Gasteiger partial charge in [0.1, 0.15) is 6.07 Å². The summed E-state index contributed by atoms with van der Waals surface area (Å²) in [6.45, 7) is 0.784. The van der Waals surface area contributed by atoms with Gasteiger partial charge in [0.15, 0.2) is 5.82 Å². The van der Waals surface area contributed by atoms with Gasteiger partial charge in [-0.05, 0) is 52.5 Å². The molecule has 0 aromatic heterocycles. The van der Waals surface area contributed by atoms with Gasteiger partial charge in [-0.2, -0.15) is 5.26 Å². The molecule has 0 unspecified atom stereocenters. The number of anilines is 2. The number of nitriles is 1. The van der Waals surface area contributed by atoms with E-state index in [1.54, 1.807) is 12.1 Å². The molecule has 100 valence electrons. The van der Waals surface area contributed by atoms with Crippen molar-refractivity contribution in [2.24, 2.45) is 0 Å². The molecule has 0 N–H and O–H groups in total. The van der Waals surface area contributed by atoms with E-state index in [1.807, 2.05) is 29.2 Å². The molecule has 0 aliphatic carbocycles. The van der Waals surface area contributed by atoms with Crippen LogP contribution in [0.15, 0.2) is 40.9 Å². The second-order valence-corrected chi connectivity index (χ2v) is 5.55. The highest BCUT2D eigenvalue weighted by atomic mass is 79.9. The Morgan fingerprint density at radius 3 is 2.75 bits per heavy atom. The quantitative estimate of drug-likeness (QED) is 0.767. The smallest absolute Gasteiger partial charge is 0.162 e. The van der Waals surface area contributed by atoms with E-state index in [4.69, 9.17) is 5.26 Å². The SMILES string of the molecule is N#Cc1ccc(N2CCCc3ccccc32)c(F)c1Br. The molecular weight excluding hydrogens is 319 g/mol. The summed E-state index contributed by atoms with van der Waals surface area (Å²) in [6, 6.07) is 13.4. The van der Waals surface area contributed by atoms with Crippen molar-refractivity contribution in [2.75, 3.05) is 11.4 Å². The van der Waals surface area contributed by atoms with Crippen LogP contribution in [-0.4, -0.2) is 6.54 Å². The summed E-state index contributed by atoms with van der Waals surface area (Å²) >= 11 is 3.17. The molecule has 0 saturated heterocycles. The molecule has 0 radical (unpaired) electrons. The Morgan fingerprint density at radius 1 is 1.15 bits per heavy atom. The lowest BCUT2D eigenvalue weighted by Crippen LogP contribution is -2.25. The van der Waals surface area contributed by atoms with Gasteiger partial charge in [-0.3, -0.25) is 0 Å². The van der Waals surface area contributed by atoms with E-state index >= 15 is 0 Å². The van der Waals surface area contributed by atoms with Gasteiger partial charge < -0.3 is 4.90 Å². The Morgan fingerprint density at radius 2 is 1.95 bits per heavy atom. The first kappa shape index (κ1) is 13.1. The lowest BCUT2D eigenvalue weighted by Gasteiger charge is -2.31. The standard InChI is InChI=1S/C16H12BrFN2/c17-15-12(10-19)7-8-14(16(15)18)20-9-3-5-11-4-1-2-6-13(11)20/h1-2,4,6-8H,3,5,9H2. The number of benzene rings is 2. The average Bonchev–Trinajstić information content (AvgIpc) is 2.50. The summed E-state index contributed by atoms with van der Waals surface area (Å²) < 4.78 is 14.7. The highest BCUT2D eigenvalue weighted by molar-refractivity contribution is 9.10. The van der Waals surface area contributed by atoms with Crippen molar-refractivity contribution in [3.63, 3.8) is 0 Å². The van der Waals surface area contributed by atoms with Crippen LogP contribution < -0.4 is 4.90 Å². The minimum atomic E-state index is -0.374. The van der Waals surface area contributed by atoms with Crippen LogP contribution in [0.4, 0.5) is 15.8 Å². The maximum atomic E-state index is 14.5. The third-order valence-corrected chi connectivity index (χ3v) is 4.36. The van der Waals surface area contributed by atoms with Crippen LogP contribution in [0, 0.1) is 17.1 Å². The van der Waals surface area contributed by atoms with Crippen LogP contribution in [0.1, 0.15) is 17.5 Å². The van der Waals surface area contributed by atoms with Crippen molar-refractivity contribution in [3.05, 3.63) is 57.8 Å². The van der Waals surface area contributed by atoms with Crippen molar-refractivity contribution in [1.29, 1.82) is 5.26 Å². The summed E-state index contributed by atoms with van der Waals surface area (Å²) in [4.78, 5) is 1.99. The van der Waals surface area contributed by atoms with Crippen molar-refractivity contribution in [1.82, 2.24) is 0 Å². The summed E-state index contributed by atoms with van der Waals surface area (Å²) in [5, 5.41) is 8.94. The van der Waals surface area contributed by atoms with Crippen LogP contribution in [0.25, 0.3) is 0 Å². The zero-order valence-electron chi connectivity index (χ0n) is 10.7. The summed E-state index contributed by atoms with van der Waals surface area (Å²) in [5.41, 5.74) is 3.12. The van der Waals surface area contributed by atoms with E-state index in [0.29, 0.717) is 11.3 Å². The van der Waals surface area contributed by atoms with Crippen LogP contribution in [-0.2, 0) is 6.42 Å². The predicted molar refractivity (Wildman–Crippen MR) is 80.6 cm³/mol. The zero-order valence-corrected chi connectivity index (χ0v) is 12.3. The molecule has 0 fully saturated rings. The van der Waals surface area contributed by atoms with E-state index in [2.05, 4.69) is 22.0 Å². The minimum Gasteiger partial charge on any atom is -0.339 e. The number of nitrogens with zero attached hydrogens (tertiary/aromatic N) is 2. The summed E-state index contributed by atoms with van der Waals surface area (Å²) in [7, 11) is 0. The normalized spacial score (nSPS) is 13.8. The molecule has 0 saturated carbocycles. The topological polar surface area (TPSA) is 27.0 Å². The monoisotopic (exact) mass is 330 g/mol. The van der Waals surface area contributed by atoms with Gasteiger partial charge in [-0.15, -0.1) is 0 Å². The maximum Gasteiger partial charge on any atom is 0.162 e. The molecule has 0 atom stereocenters. The molecule has 1 aliphatic heterocycles. The second kappa shape index (κ2) is 5.26. The Labute approximate surface area is 125 Å². The van der Waals surface area contributed by atoms with Crippen molar-refractivity contribution in [3.8, 4) is 6.07 Å². The molecule has 1 heterocycles. The minimum absolute atomic E-state index is 0.237. The van der Waals surface area contributed by atoms with Gasteiger partial charge >= 0.3 is 0 Å². The van der Waals surface area contributed by atoms with Crippen molar-refractivity contribution >= 4 is 27.3 Å². The lowest BCUT2D eigenvalue weighted by atomic mass is 10.0. The molecule has 1 aliphatic rings. The van der Waals surface area contributed by atoms with Crippen molar-refractivity contribution < 1.29 is 4.39 Å². The van der Waals surface area contributed by atoms with E-state index in [1.165, 1.54) is 5.56 Å². The number of para-hydroxylation sites is 1. The molecule has 0 spiro atoms. The van der Waals surface area contributed by atoms with Crippen LogP contribution >= 0.6 is 15.9 Å². The average molecular weight is 331 g/mol. The Kier molecular flexibility index (Phi) is 3.45. The number of hydrogen-bond donors (Lipinski definition) is 0. The van der Waals surface area contributed by atoms with Gasteiger partial charge in [0.2, 0.25) is 0 Å². The van der Waals surface area contributed by atoms with E-state index in [9.17, 15) is 4.39 Å². The summed E-state index contributed by atoms with van der Waals surface area (Å²) in [5.74, 6) is -0.374. The fourth-order valence-electron chi connectivity index (χ4n) is 2.62. The van der Waals surface area contributed by atoms with Gasteiger partial charge in [-0.25, -0.2) is 4.39 Å². The number of aryl methyl sites for hydroxylation is 1. The Balaban J connectivity index is 2.12. The predicted octanol–water partition coefficient (Wildman–Crippen LogP) is 4.54. The fraction of sp³-hybridized carbons (Fsp3) is 0.188. The molecule has 2 aromatic rings. The zero-order chi connectivity index (χ0) is 14.1. The summed E-state index contributed by atoms with van der Waals surface area (Å²) in [6.07, 6.45) is 2.01. The van der Waals surface area contributed by atoms with Gasteiger partial charge in [-0.1, -0.05) is 18.2 Å². The van der Waals surface area contributed by atoms with E-state index in [-0.39, 0.29) is 10.3 Å². The first-order valence-electron chi connectivity index (χ1n) is 6.46.